The third-order valence-electron chi connectivity index (χ3n) is 4.13. The van der Waals surface area contributed by atoms with Gasteiger partial charge in [0.2, 0.25) is 0 Å². The molecule has 0 aliphatic carbocycles. The summed E-state index contributed by atoms with van der Waals surface area (Å²) in [7, 11) is 6.11. The molecule has 0 spiro atoms. The number of hydrogen-bond donors (Lipinski definition) is 1. The van der Waals surface area contributed by atoms with E-state index in [9.17, 15) is 0 Å². The second-order valence-electron chi connectivity index (χ2n) is 6.57. The Hall–Kier alpha value is -3.08. The van der Waals surface area contributed by atoms with E-state index in [0.29, 0.717) is 0 Å². The Bertz CT molecular complexity index is 844. The monoisotopic (exact) mass is 347 g/mol. The highest BCUT2D eigenvalue weighted by Gasteiger charge is 2.08. The van der Waals surface area contributed by atoms with Gasteiger partial charge in [-0.05, 0) is 36.8 Å². The van der Waals surface area contributed by atoms with Crippen LogP contribution in [0.4, 0.5) is 23.0 Å². The molecular weight excluding hydrogens is 322 g/mol. The maximum absolute atomic E-state index is 4.58. The lowest BCUT2D eigenvalue weighted by atomic mass is 10.2. The highest BCUT2D eigenvalue weighted by molar-refractivity contribution is 5.62. The van der Waals surface area contributed by atoms with Gasteiger partial charge in [0.15, 0.2) is 0 Å². The Kier molecular flexibility index (Phi) is 5.37. The van der Waals surface area contributed by atoms with Crippen LogP contribution in [0.1, 0.15) is 11.4 Å². The minimum atomic E-state index is 0.745. The predicted octanol–water partition coefficient (Wildman–Crippen LogP) is 4.23. The van der Waals surface area contributed by atoms with Gasteiger partial charge in [-0.1, -0.05) is 30.3 Å². The number of nitrogens with zero attached hydrogens (tertiary/aromatic N) is 4. The van der Waals surface area contributed by atoms with Crippen LogP contribution in [0.3, 0.4) is 0 Å². The molecular formula is C21H25N5. The number of hydrogen-bond acceptors (Lipinski definition) is 5. The van der Waals surface area contributed by atoms with Crippen molar-refractivity contribution in [3.8, 4) is 0 Å². The Morgan fingerprint density at radius 1 is 0.885 bits per heavy atom. The van der Waals surface area contributed by atoms with Crippen LogP contribution in [0.2, 0.25) is 0 Å². The van der Waals surface area contributed by atoms with E-state index in [0.717, 1.165) is 35.4 Å². The number of aromatic nitrogens is 2. The maximum Gasteiger partial charge on any atom is 0.136 e. The number of anilines is 4. The molecule has 2 aromatic carbocycles. The van der Waals surface area contributed by atoms with Crippen LogP contribution < -0.4 is 15.1 Å². The molecule has 0 saturated heterocycles. The van der Waals surface area contributed by atoms with Crippen LogP contribution in [0.5, 0.6) is 0 Å². The van der Waals surface area contributed by atoms with Crippen LogP contribution in [0, 0.1) is 6.92 Å². The molecule has 0 saturated carbocycles. The fraction of sp³-hybridized carbons (Fsp3) is 0.238. The normalized spacial score (nSPS) is 10.5. The van der Waals surface area contributed by atoms with Crippen molar-refractivity contribution in [2.45, 2.75) is 13.5 Å². The zero-order valence-electron chi connectivity index (χ0n) is 15.8. The molecule has 0 unspecified atom stereocenters. The van der Waals surface area contributed by atoms with Crippen molar-refractivity contribution in [2.24, 2.45) is 0 Å². The van der Waals surface area contributed by atoms with E-state index in [1.165, 1.54) is 5.56 Å². The van der Waals surface area contributed by atoms with E-state index >= 15 is 0 Å². The molecule has 5 heteroatoms. The lowest BCUT2D eigenvalue weighted by Crippen LogP contribution is -2.18. The summed E-state index contributed by atoms with van der Waals surface area (Å²) in [5.74, 6) is 2.44. The van der Waals surface area contributed by atoms with E-state index in [4.69, 9.17) is 0 Å². The highest BCUT2D eigenvalue weighted by Crippen LogP contribution is 2.22. The van der Waals surface area contributed by atoms with E-state index in [1.54, 1.807) is 0 Å². The summed E-state index contributed by atoms with van der Waals surface area (Å²) < 4.78 is 0. The molecule has 3 aromatic rings. The standard InChI is InChI=1S/C21H25N5/c1-16-22-20(24-18-10-12-19(13-11-18)25(2)3)14-21(23-16)26(4)15-17-8-6-5-7-9-17/h5-14H,15H2,1-4H3,(H,22,23,24). The molecule has 0 amide bonds. The number of rotatable bonds is 6. The SMILES string of the molecule is Cc1nc(Nc2ccc(N(C)C)cc2)cc(N(C)Cc2ccccc2)n1. The third-order valence-corrected chi connectivity index (χ3v) is 4.13. The van der Waals surface area contributed by atoms with Crippen molar-refractivity contribution < 1.29 is 0 Å². The first-order valence-electron chi connectivity index (χ1n) is 8.66. The Morgan fingerprint density at radius 2 is 1.58 bits per heavy atom. The van der Waals surface area contributed by atoms with Crippen LogP contribution >= 0.6 is 0 Å². The molecule has 1 aromatic heterocycles. The summed E-state index contributed by atoms with van der Waals surface area (Å²) in [6.45, 7) is 2.72. The minimum Gasteiger partial charge on any atom is -0.378 e. The van der Waals surface area contributed by atoms with Gasteiger partial charge in [-0.25, -0.2) is 9.97 Å². The predicted molar refractivity (Wildman–Crippen MR) is 109 cm³/mol. The summed E-state index contributed by atoms with van der Waals surface area (Å²) >= 11 is 0. The Morgan fingerprint density at radius 3 is 2.23 bits per heavy atom. The Balaban J connectivity index is 1.76. The number of benzene rings is 2. The molecule has 0 bridgehead atoms. The molecule has 0 fully saturated rings. The summed E-state index contributed by atoms with van der Waals surface area (Å²) in [6, 6.07) is 20.6. The fourth-order valence-corrected chi connectivity index (χ4v) is 2.74. The smallest absolute Gasteiger partial charge is 0.136 e. The molecule has 26 heavy (non-hydrogen) atoms. The zero-order valence-corrected chi connectivity index (χ0v) is 15.8. The minimum absolute atomic E-state index is 0.745. The average Bonchev–Trinajstić information content (AvgIpc) is 2.62. The molecule has 0 aliphatic rings. The van der Waals surface area contributed by atoms with Crippen molar-refractivity contribution in [1.29, 1.82) is 0 Å². The quantitative estimate of drug-likeness (QED) is 0.723. The molecule has 0 radical (unpaired) electrons. The van der Waals surface area contributed by atoms with Gasteiger partial charge in [0, 0.05) is 45.1 Å². The van der Waals surface area contributed by atoms with Crippen molar-refractivity contribution in [1.82, 2.24) is 9.97 Å². The largest absolute Gasteiger partial charge is 0.378 e. The summed E-state index contributed by atoms with van der Waals surface area (Å²) in [4.78, 5) is 13.3. The van der Waals surface area contributed by atoms with E-state index < -0.39 is 0 Å². The molecule has 3 rings (SSSR count). The van der Waals surface area contributed by atoms with Gasteiger partial charge < -0.3 is 15.1 Å². The zero-order chi connectivity index (χ0) is 18.5. The summed E-state index contributed by atoms with van der Waals surface area (Å²) in [6.07, 6.45) is 0. The fourth-order valence-electron chi connectivity index (χ4n) is 2.74. The van der Waals surface area contributed by atoms with Gasteiger partial charge in [-0.2, -0.15) is 0 Å². The van der Waals surface area contributed by atoms with Crippen LogP contribution in [-0.4, -0.2) is 31.1 Å². The van der Waals surface area contributed by atoms with Crippen molar-refractivity contribution in [3.63, 3.8) is 0 Å². The van der Waals surface area contributed by atoms with Crippen LogP contribution in [0.15, 0.2) is 60.7 Å². The molecule has 134 valence electrons. The van der Waals surface area contributed by atoms with Crippen molar-refractivity contribution in [2.75, 3.05) is 36.3 Å². The van der Waals surface area contributed by atoms with Gasteiger partial charge in [-0.15, -0.1) is 0 Å². The van der Waals surface area contributed by atoms with Gasteiger partial charge in [0.25, 0.3) is 0 Å². The van der Waals surface area contributed by atoms with Gasteiger partial charge in [0.1, 0.15) is 17.5 Å². The topological polar surface area (TPSA) is 44.3 Å². The first kappa shape index (κ1) is 17.7. The maximum atomic E-state index is 4.58. The van der Waals surface area contributed by atoms with Crippen molar-refractivity contribution >= 4 is 23.0 Å². The second kappa shape index (κ2) is 7.87. The summed E-state index contributed by atoms with van der Waals surface area (Å²) in [5.41, 5.74) is 3.42. The second-order valence-corrected chi connectivity index (χ2v) is 6.57. The van der Waals surface area contributed by atoms with Gasteiger partial charge in [0.05, 0.1) is 0 Å². The first-order chi connectivity index (χ1) is 12.5. The van der Waals surface area contributed by atoms with Crippen LogP contribution in [-0.2, 0) is 6.54 Å². The third kappa shape index (κ3) is 4.51. The molecule has 5 nitrogen and oxygen atoms in total. The molecule has 1 heterocycles. The number of nitrogens with one attached hydrogen (secondary N) is 1. The summed E-state index contributed by atoms with van der Waals surface area (Å²) in [5, 5.41) is 3.37. The van der Waals surface area contributed by atoms with Gasteiger partial charge in [-0.3, -0.25) is 0 Å². The van der Waals surface area contributed by atoms with E-state index in [1.807, 2.05) is 40.2 Å². The van der Waals surface area contributed by atoms with E-state index in [2.05, 4.69) is 73.6 Å². The highest BCUT2D eigenvalue weighted by atomic mass is 15.2. The van der Waals surface area contributed by atoms with E-state index in [-0.39, 0.29) is 0 Å². The lowest BCUT2D eigenvalue weighted by molar-refractivity contribution is 0.880. The molecule has 1 N–H and O–H groups in total. The first-order valence-corrected chi connectivity index (χ1v) is 8.66. The number of aryl methyl sites for hydroxylation is 1. The van der Waals surface area contributed by atoms with Gasteiger partial charge >= 0.3 is 0 Å². The molecule has 0 atom stereocenters. The lowest BCUT2D eigenvalue weighted by Gasteiger charge is -2.19. The Labute approximate surface area is 155 Å². The molecule has 0 aliphatic heterocycles. The van der Waals surface area contributed by atoms with Crippen LogP contribution in [0.25, 0.3) is 0 Å². The average molecular weight is 347 g/mol. The van der Waals surface area contributed by atoms with Crippen molar-refractivity contribution in [3.05, 3.63) is 72.1 Å².